The summed E-state index contributed by atoms with van der Waals surface area (Å²) >= 11 is 2.03. The number of tetrazole rings is 1. The van der Waals surface area contributed by atoms with E-state index in [9.17, 15) is 0 Å². The van der Waals surface area contributed by atoms with Crippen molar-refractivity contribution in [3.63, 3.8) is 0 Å². The van der Waals surface area contributed by atoms with Crippen LogP contribution in [-0.2, 0) is 13.1 Å². The summed E-state index contributed by atoms with van der Waals surface area (Å²) in [5, 5.41) is 15.2. The van der Waals surface area contributed by atoms with Gasteiger partial charge in [-0.15, -0.1) is 5.10 Å². The zero-order valence-corrected chi connectivity index (χ0v) is 10.5. The summed E-state index contributed by atoms with van der Waals surface area (Å²) in [5.74, 6) is 4.25. The normalized spacial score (nSPS) is 20.4. The van der Waals surface area contributed by atoms with Gasteiger partial charge in [-0.25, -0.2) is 4.68 Å². The third-order valence-electron chi connectivity index (χ3n) is 2.77. The summed E-state index contributed by atoms with van der Waals surface area (Å²) < 4.78 is 1.96. The van der Waals surface area contributed by atoms with E-state index in [1.54, 1.807) is 0 Å². The Bertz CT molecular complexity index is 308. The summed E-state index contributed by atoms with van der Waals surface area (Å²) in [4.78, 5) is 0. The lowest BCUT2D eigenvalue weighted by molar-refractivity contribution is 0.432. The standard InChI is InChI=1S/C10H19N5S/c1-2-4-11-6-10-12-13-14-15(10)7-9-3-5-16-8-9/h9,11H,2-8H2,1H3. The van der Waals surface area contributed by atoms with Gasteiger partial charge >= 0.3 is 0 Å². The molecule has 0 aliphatic carbocycles. The van der Waals surface area contributed by atoms with E-state index in [1.807, 2.05) is 16.4 Å². The molecule has 1 aliphatic rings. The van der Waals surface area contributed by atoms with Gasteiger partial charge in [0.25, 0.3) is 0 Å². The molecule has 0 spiro atoms. The first kappa shape index (κ1) is 11.9. The second-order valence-corrected chi connectivity index (χ2v) is 5.33. The second kappa shape index (κ2) is 6.20. The Labute approximate surface area is 100 Å². The van der Waals surface area contributed by atoms with Crippen molar-refractivity contribution in [2.24, 2.45) is 5.92 Å². The van der Waals surface area contributed by atoms with Gasteiger partial charge in [-0.2, -0.15) is 11.8 Å². The van der Waals surface area contributed by atoms with Gasteiger partial charge < -0.3 is 5.32 Å². The zero-order chi connectivity index (χ0) is 11.2. The zero-order valence-electron chi connectivity index (χ0n) is 9.72. The van der Waals surface area contributed by atoms with E-state index in [2.05, 4.69) is 27.8 Å². The SMILES string of the molecule is CCCNCc1nnnn1CC1CCSC1. The van der Waals surface area contributed by atoms with Crippen LogP contribution in [0.15, 0.2) is 0 Å². The number of hydrogen-bond acceptors (Lipinski definition) is 5. The molecule has 0 bridgehead atoms. The minimum atomic E-state index is 0.749. The molecule has 1 atom stereocenters. The molecule has 0 aromatic carbocycles. The lowest BCUT2D eigenvalue weighted by Crippen LogP contribution is -2.20. The van der Waals surface area contributed by atoms with E-state index in [4.69, 9.17) is 0 Å². The Kier molecular flexibility index (Phi) is 4.59. The Hall–Kier alpha value is -0.620. The van der Waals surface area contributed by atoms with Gasteiger partial charge in [-0.3, -0.25) is 0 Å². The first-order chi connectivity index (χ1) is 7.90. The van der Waals surface area contributed by atoms with E-state index in [0.29, 0.717) is 0 Å². The molecule has 0 saturated carbocycles. The van der Waals surface area contributed by atoms with Crippen LogP contribution in [0.1, 0.15) is 25.6 Å². The molecule has 2 heterocycles. The molecule has 16 heavy (non-hydrogen) atoms. The molecule has 6 heteroatoms. The molecular weight excluding hydrogens is 222 g/mol. The molecule has 1 aromatic rings. The van der Waals surface area contributed by atoms with E-state index >= 15 is 0 Å². The van der Waals surface area contributed by atoms with E-state index < -0.39 is 0 Å². The fraction of sp³-hybridized carbons (Fsp3) is 0.900. The average molecular weight is 241 g/mol. The molecule has 1 aromatic heterocycles. The minimum Gasteiger partial charge on any atom is -0.310 e. The van der Waals surface area contributed by atoms with Crippen LogP contribution in [0.4, 0.5) is 0 Å². The van der Waals surface area contributed by atoms with Crippen LogP contribution in [-0.4, -0.2) is 38.3 Å². The van der Waals surface area contributed by atoms with Crippen LogP contribution in [0.25, 0.3) is 0 Å². The van der Waals surface area contributed by atoms with Crippen molar-refractivity contribution in [2.45, 2.75) is 32.9 Å². The van der Waals surface area contributed by atoms with Crippen LogP contribution >= 0.6 is 11.8 Å². The molecule has 90 valence electrons. The fourth-order valence-electron chi connectivity index (χ4n) is 1.84. The van der Waals surface area contributed by atoms with Gasteiger partial charge in [0.2, 0.25) is 0 Å². The maximum atomic E-state index is 4.06. The fourth-order valence-corrected chi connectivity index (χ4v) is 3.11. The highest BCUT2D eigenvalue weighted by molar-refractivity contribution is 7.99. The Morgan fingerprint density at radius 3 is 3.25 bits per heavy atom. The van der Waals surface area contributed by atoms with Gasteiger partial charge in [0, 0.05) is 6.54 Å². The Balaban J connectivity index is 1.85. The monoisotopic (exact) mass is 241 g/mol. The molecular formula is C10H19N5S. The lowest BCUT2D eigenvalue weighted by atomic mass is 10.1. The summed E-state index contributed by atoms with van der Waals surface area (Å²) in [6.45, 7) is 4.93. The molecule has 5 nitrogen and oxygen atoms in total. The predicted molar refractivity (Wildman–Crippen MR) is 65.2 cm³/mol. The van der Waals surface area contributed by atoms with Gasteiger partial charge in [0.05, 0.1) is 6.54 Å². The predicted octanol–water partition coefficient (Wildman–Crippen LogP) is 0.926. The van der Waals surface area contributed by atoms with E-state index in [-0.39, 0.29) is 0 Å². The minimum absolute atomic E-state index is 0.749. The summed E-state index contributed by atoms with van der Waals surface area (Å²) in [7, 11) is 0. The van der Waals surface area contributed by atoms with Gasteiger partial charge in [-0.05, 0) is 47.2 Å². The van der Waals surface area contributed by atoms with Crippen LogP contribution < -0.4 is 5.32 Å². The van der Waals surface area contributed by atoms with Crippen molar-refractivity contribution >= 4 is 11.8 Å². The van der Waals surface area contributed by atoms with Crippen molar-refractivity contribution in [3.8, 4) is 0 Å². The van der Waals surface area contributed by atoms with Crippen molar-refractivity contribution in [1.82, 2.24) is 25.5 Å². The number of nitrogens with zero attached hydrogens (tertiary/aromatic N) is 4. The van der Waals surface area contributed by atoms with Crippen LogP contribution in [0.2, 0.25) is 0 Å². The topological polar surface area (TPSA) is 55.6 Å². The van der Waals surface area contributed by atoms with E-state index in [0.717, 1.165) is 37.8 Å². The molecule has 1 saturated heterocycles. The molecule has 1 aliphatic heterocycles. The lowest BCUT2D eigenvalue weighted by Gasteiger charge is -2.09. The molecule has 1 unspecified atom stereocenters. The highest BCUT2D eigenvalue weighted by Gasteiger charge is 2.18. The number of thioether (sulfide) groups is 1. The number of nitrogens with one attached hydrogen (secondary N) is 1. The third-order valence-corrected chi connectivity index (χ3v) is 4.00. The maximum Gasteiger partial charge on any atom is 0.165 e. The molecule has 0 radical (unpaired) electrons. The van der Waals surface area contributed by atoms with Crippen molar-refractivity contribution in [3.05, 3.63) is 5.82 Å². The largest absolute Gasteiger partial charge is 0.310 e. The Morgan fingerprint density at radius 2 is 2.50 bits per heavy atom. The van der Waals surface area contributed by atoms with Crippen molar-refractivity contribution < 1.29 is 0 Å². The molecule has 0 amide bonds. The summed E-state index contributed by atoms with van der Waals surface area (Å²) in [6.07, 6.45) is 2.44. The summed E-state index contributed by atoms with van der Waals surface area (Å²) in [5.41, 5.74) is 0. The molecule has 2 rings (SSSR count). The molecule has 1 N–H and O–H groups in total. The number of rotatable bonds is 6. The van der Waals surface area contributed by atoms with Crippen molar-refractivity contribution in [1.29, 1.82) is 0 Å². The first-order valence-corrected chi connectivity index (χ1v) is 7.09. The Morgan fingerprint density at radius 1 is 1.56 bits per heavy atom. The number of hydrogen-bond donors (Lipinski definition) is 1. The van der Waals surface area contributed by atoms with E-state index in [1.165, 1.54) is 17.9 Å². The molecule has 1 fully saturated rings. The van der Waals surface area contributed by atoms with Crippen molar-refractivity contribution in [2.75, 3.05) is 18.1 Å². The van der Waals surface area contributed by atoms with Gasteiger partial charge in [-0.1, -0.05) is 6.92 Å². The van der Waals surface area contributed by atoms with Gasteiger partial charge in [0.15, 0.2) is 5.82 Å². The quantitative estimate of drug-likeness (QED) is 0.751. The smallest absolute Gasteiger partial charge is 0.165 e. The van der Waals surface area contributed by atoms with Gasteiger partial charge in [0.1, 0.15) is 0 Å². The first-order valence-electron chi connectivity index (χ1n) is 5.93. The van der Waals surface area contributed by atoms with Crippen LogP contribution in [0.5, 0.6) is 0 Å². The second-order valence-electron chi connectivity index (χ2n) is 4.18. The third kappa shape index (κ3) is 3.18. The average Bonchev–Trinajstić information content (AvgIpc) is 2.92. The van der Waals surface area contributed by atoms with Crippen LogP contribution in [0, 0.1) is 5.92 Å². The highest BCUT2D eigenvalue weighted by atomic mass is 32.2. The highest BCUT2D eigenvalue weighted by Crippen LogP contribution is 2.24. The maximum absolute atomic E-state index is 4.06. The summed E-state index contributed by atoms with van der Waals surface area (Å²) in [6, 6.07) is 0. The van der Waals surface area contributed by atoms with Crippen LogP contribution in [0.3, 0.4) is 0 Å². The number of aromatic nitrogens is 4.